The van der Waals surface area contributed by atoms with Crippen molar-refractivity contribution in [1.29, 1.82) is 0 Å². The number of rotatable bonds is 6. The van der Waals surface area contributed by atoms with Gasteiger partial charge in [0.1, 0.15) is 22.1 Å². The maximum absolute atomic E-state index is 8.52. The Morgan fingerprint density at radius 1 is 0.393 bits per heavy atom. The summed E-state index contributed by atoms with van der Waals surface area (Å²) in [6.07, 6.45) is 0. The van der Waals surface area contributed by atoms with E-state index in [9.17, 15) is 0 Å². The van der Waals surface area contributed by atoms with E-state index < -0.39 is 10.4 Å². The first-order valence-electron chi connectivity index (χ1n) is 19.5. The molecule has 11 heteroatoms. The van der Waals surface area contributed by atoms with Crippen molar-refractivity contribution in [3.8, 4) is 11.4 Å². The summed E-state index contributed by atoms with van der Waals surface area (Å²) in [5.41, 5.74) is 17.2. The van der Waals surface area contributed by atoms with E-state index in [-0.39, 0.29) is 0 Å². The third-order valence-electron chi connectivity index (χ3n) is 9.81. The summed E-state index contributed by atoms with van der Waals surface area (Å²) in [4.78, 5) is 9.85. The van der Waals surface area contributed by atoms with Crippen LogP contribution < -0.4 is 19.8 Å². The highest BCUT2D eigenvalue weighted by molar-refractivity contribution is 7.79. The van der Waals surface area contributed by atoms with Crippen molar-refractivity contribution >= 4 is 77.3 Å². The molecule has 10 rings (SSSR count). The topological polar surface area (TPSA) is 138 Å². The van der Waals surface area contributed by atoms with Gasteiger partial charge in [-0.3, -0.25) is 8.42 Å². The lowest BCUT2D eigenvalue weighted by molar-refractivity contribution is -0.538. The van der Waals surface area contributed by atoms with Gasteiger partial charge in [-0.15, -0.1) is 9.13 Å². The second-order valence-corrected chi connectivity index (χ2v) is 15.2. The Hall–Kier alpha value is -7.57. The molecule has 0 spiro atoms. The van der Waals surface area contributed by atoms with Crippen LogP contribution in [0.15, 0.2) is 194 Å². The van der Waals surface area contributed by atoms with E-state index in [1.54, 1.807) is 0 Å². The molecule has 0 bridgehead atoms. The molecular formula is C50H40N6O4S. The Kier molecular flexibility index (Phi) is 11.7. The van der Waals surface area contributed by atoms with Gasteiger partial charge in [0.25, 0.3) is 0 Å². The molecule has 0 saturated carbocycles. The van der Waals surface area contributed by atoms with Gasteiger partial charge in [0, 0.05) is 81.7 Å². The number of nitrogens with zero attached hydrogens (tertiary/aromatic N) is 4. The monoisotopic (exact) mass is 820 g/mol. The average Bonchev–Trinajstić information content (AvgIpc) is 3.26. The molecule has 2 N–H and O–H groups in total. The largest absolute Gasteiger partial charge is 0.759 e. The zero-order valence-electron chi connectivity index (χ0n) is 33.3. The molecule has 2 aromatic heterocycles. The molecule has 0 saturated heterocycles. The van der Waals surface area contributed by atoms with Crippen molar-refractivity contribution in [2.24, 2.45) is 0 Å². The summed E-state index contributed by atoms with van der Waals surface area (Å²) in [7, 11) is -5.17. The zero-order valence-corrected chi connectivity index (χ0v) is 34.1. The minimum Gasteiger partial charge on any atom is -0.759 e. The second-order valence-electron chi connectivity index (χ2n) is 14.3. The summed E-state index contributed by atoms with van der Waals surface area (Å²) >= 11 is 0. The smallest absolute Gasteiger partial charge is 0.239 e. The predicted molar refractivity (Wildman–Crippen MR) is 241 cm³/mol. The predicted octanol–water partition coefficient (Wildman–Crippen LogP) is 10.1. The first-order valence-corrected chi connectivity index (χ1v) is 20.8. The van der Waals surface area contributed by atoms with E-state index in [2.05, 4.69) is 179 Å². The lowest BCUT2D eigenvalue weighted by Crippen LogP contribution is -2.33. The van der Waals surface area contributed by atoms with Crippen LogP contribution in [0.2, 0.25) is 0 Å². The second kappa shape index (κ2) is 17.7. The Morgan fingerprint density at radius 3 is 1.10 bits per heavy atom. The molecule has 300 valence electrons. The molecule has 0 atom stereocenters. The van der Waals surface area contributed by atoms with Crippen LogP contribution in [0.25, 0.3) is 55.5 Å². The van der Waals surface area contributed by atoms with E-state index in [0.29, 0.717) is 0 Å². The molecule has 8 aromatic carbocycles. The van der Waals surface area contributed by atoms with Gasteiger partial charge in [0.05, 0.1) is 0 Å². The Morgan fingerprint density at radius 2 is 0.738 bits per heavy atom. The molecule has 10 aromatic rings. The van der Waals surface area contributed by atoms with Crippen molar-refractivity contribution in [3.05, 3.63) is 205 Å². The molecule has 2 heterocycles. The zero-order chi connectivity index (χ0) is 42.3. The van der Waals surface area contributed by atoms with Gasteiger partial charge in [-0.2, -0.15) is 0 Å². The lowest BCUT2D eigenvalue weighted by atomic mass is 10.1. The maximum Gasteiger partial charge on any atom is 0.239 e. The lowest BCUT2D eigenvalue weighted by Gasteiger charge is -2.09. The van der Waals surface area contributed by atoms with E-state index >= 15 is 0 Å². The number of hydrogen-bond donors (Lipinski definition) is 2. The highest BCUT2D eigenvalue weighted by atomic mass is 32.3. The van der Waals surface area contributed by atoms with Crippen LogP contribution in [0.4, 0.5) is 22.7 Å². The maximum atomic E-state index is 8.52. The molecule has 0 fully saturated rings. The number of anilines is 4. The SMILES string of the molecule is Cc1ccc2c(c1)nc1ccc(Nc3ccccc3)cc1[n+]2-c1ccccc1.Cc1ccc2c(c1)nc1ccc(Nc3ccccc3)cc1[n+]2-c1ccccc1.O=S(=O)([O-])[O-]. The normalized spacial score (nSPS) is 11.1. The van der Waals surface area contributed by atoms with Crippen LogP contribution in [0.3, 0.4) is 0 Å². The van der Waals surface area contributed by atoms with Crippen LogP contribution in [0.1, 0.15) is 11.1 Å². The van der Waals surface area contributed by atoms with Crippen molar-refractivity contribution in [3.63, 3.8) is 0 Å². The molecule has 61 heavy (non-hydrogen) atoms. The molecule has 10 nitrogen and oxygen atoms in total. The third-order valence-corrected chi connectivity index (χ3v) is 9.81. The van der Waals surface area contributed by atoms with E-state index in [1.165, 1.54) is 11.1 Å². The number of aromatic nitrogens is 4. The molecule has 0 aliphatic carbocycles. The van der Waals surface area contributed by atoms with Gasteiger partial charge in [-0.05, 0) is 85.6 Å². The molecule has 0 amide bonds. The van der Waals surface area contributed by atoms with Crippen molar-refractivity contribution < 1.29 is 26.7 Å². The third kappa shape index (κ3) is 9.84. The number of aryl methyl sites for hydroxylation is 2. The number of para-hydroxylation sites is 4. The van der Waals surface area contributed by atoms with Crippen LogP contribution in [0, 0.1) is 13.8 Å². The van der Waals surface area contributed by atoms with Crippen molar-refractivity contribution in [2.45, 2.75) is 13.8 Å². The van der Waals surface area contributed by atoms with Crippen LogP contribution in [0.5, 0.6) is 0 Å². The van der Waals surface area contributed by atoms with E-state index in [4.69, 9.17) is 27.5 Å². The summed E-state index contributed by atoms with van der Waals surface area (Å²) in [6, 6.07) is 66.9. The van der Waals surface area contributed by atoms with Gasteiger partial charge >= 0.3 is 0 Å². The van der Waals surface area contributed by atoms with Crippen molar-refractivity contribution in [1.82, 2.24) is 9.97 Å². The van der Waals surface area contributed by atoms with Gasteiger partial charge < -0.3 is 19.7 Å². The van der Waals surface area contributed by atoms with Gasteiger partial charge in [0.15, 0.2) is 0 Å². The highest BCUT2D eigenvalue weighted by Crippen LogP contribution is 2.25. The fourth-order valence-corrected chi connectivity index (χ4v) is 7.18. The summed E-state index contributed by atoms with van der Waals surface area (Å²) < 4.78 is 38.7. The molecule has 0 aliphatic rings. The first-order chi connectivity index (χ1) is 29.6. The number of fused-ring (bicyclic) bond motifs is 4. The molecular weight excluding hydrogens is 781 g/mol. The Labute approximate surface area is 353 Å². The number of nitrogens with one attached hydrogen (secondary N) is 2. The average molecular weight is 821 g/mol. The van der Waals surface area contributed by atoms with E-state index in [0.717, 1.165) is 78.3 Å². The van der Waals surface area contributed by atoms with Crippen LogP contribution in [-0.4, -0.2) is 27.5 Å². The summed E-state index contributed by atoms with van der Waals surface area (Å²) in [5.74, 6) is 0. The standard InChI is InChI=1S/2C25H19N3.H2O4S/c2*1-18-12-15-24-23(16-18)27-22-14-13-20(26-19-8-4-2-5-9-19)17-25(22)28(24)21-10-6-3-7-11-21;1-5(2,3)4/h2*2-17H,1H3;(H2,1,2,3,4). The molecule has 0 aliphatic heterocycles. The fraction of sp³-hybridized carbons (Fsp3) is 0.0400. The minimum atomic E-state index is -5.17. The minimum absolute atomic E-state index is 0.973. The van der Waals surface area contributed by atoms with Gasteiger partial charge in [-0.25, -0.2) is 9.97 Å². The van der Waals surface area contributed by atoms with E-state index in [1.807, 2.05) is 48.5 Å². The molecule has 0 radical (unpaired) electrons. The number of benzene rings is 8. The van der Waals surface area contributed by atoms with Gasteiger partial charge in [0.2, 0.25) is 33.4 Å². The first kappa shape index (κ1) is 40.2. The Bertz CT molecular complexity index is 3030. The summed E-state index contributed by atoms with van der Waals surface area (Å²) in [5, 5.41) is 6.98. The fourth-order valence-electron chi connectivity index (χ4n) is 7.18. The summed E-state index contributed by atoms with van der Waals surface area (Å²) in [6.45, 7) is 4.20. The van der Waals surface area contributed by atoms with Gasteiger partial charge in [-0.1, -0.05) is 84.9 Å². The highest BCUT2D eigenvalue weighted by Gasteiger charge is 2.21. The van der Waals surface area contributed by atoms with Crippen LogP contribution >= 0.6 is 0 Å². The number of hydrogen-bond acceptors (Lipinski definition) is 8. The molecule has 0 unspecified atom stereocenters. The Balaban J connectivity index is 0.000000152. The van der Waals surface area contributed by atoms with Crippen molar-refractivity contribution in [2.75, 3.05) is 10.6 Å². The van der Waals surface area contributed by atoms with Crippen LogP contribution in [-0.2, 0) is 10.4 Å². The quantitative estimate of drug-likeness (QED) is 0.0732.